The van der Waals surface area contributed by atoms with Gasteiger partial charge in [-0.25, -0.2) is 0 Å². The second-order valence-corrected chi connectivity index (χ2v) is 2.72. The molecule has 64 valence electrons. The number of hydrogen-bond donors (Lipinski definition) is 2. The van der Waals surface area contributed by atoms with E-state index < -0.39 is 5.97 Å². The van der Waals surface area contributed by atoms with E-state index in [0.29, 0.717) is 11.3 Å². The minimum Gasteiger partial charge on any atom is -0.481 e. The number of nitrogens with two attached hydrogens (primary N) is 1. The Morgan fingerprint density at radius 2 is 2.25 bits per heavy atom. The molecule has 0 atom stereocenters. The standard InChI is InChI=1S/C9H11NO2/c1-6-3-2-4-7(9(6)10)5-8(11)12/h2-4H,5,10H2,1H3,(H,11,12). The van der Waals surface area contributed by atoms with E-state index in [4.69, 9.17) is 10.8 Å². The Morgan fingerprint density at radius 1 is 1.58 bits per heavy atom. The maximum absolute atomic E-state index is 10.4. The largest absolute Gasteiger partial charge is 0.481 e. The van der Waals surface area contributed by atoms with Crippen molar-refractivity contribution < 1.29 is 9.90 Å². The highest BCUT2D eigenvalue weighted by Crippen LogP contribution is 2.16. The molecule has 12 heavy (non-hydrogen) atoms. The van der Waals surface area contributed by atoms with Crippen LogP contribution in [0.3, 0.4) is 0 Å². The van der Waals surface area contributed by atoms with Crippen molar-refractivity contribution in [2.45, 2.75) is 13.3 Å². The minimum atomic E-state index is -0.854. The lowest BCUT2D eigenvalue weighted by atomic mass is 10.1. The molecule has 0 aromatic heterocycles. The van der Waals surface area contributed by atoms with Crippen LogP contribution in [0.1, 0.15) is 11.1 Å². The van der Waals surface area contributed by atoms with Crippen LogP contribution in [0.5, 0.6) is 0 Å². The molecule has 0 saturated carbocycles. The van der Waals surface area contributed by atoms with Crippen molar-refractivity contribution >= 4 is 11.7 Å². The Morgan fingerprint density at radius 3 is 2.83 bits per heavy atom. The summed E-state index contributed by atoms with van der Waals surface area (Å²) in [4.78, 5) is 10.4. The van der Waals surface area contributed by atoms with Crippen LogP contribution in [-0.4, -0.2) is 11.1 Å². The summed E-state index contributed by atoms with van der Waals surface area (Å²) in [6.45, 7) is 1.86. The number of benzene rings is 1. The molecule has 0 aliphatic heterocycles. The third-order valence-electron chi connectivity index (χ3n) is 1.76. The maximum Gasteiger partial charge on any atom is 0.307 e. The smallest absolute Gasteiger partial charge is 0.307 e. The van der Waals surface area contributed by atoms with Crippen molar-refractivity contribution in [2.75, 3.05) is 5.73 Å². The third-order valence-corrected chi connectivity index (χ3v) is 1.76. The Labute approximate surface area is 70.8 Å². The minimum absolute atomic E-state index is 0.00644. The van der Waals surface area contributed by atoms with Gasteiger partial charge in [-0.1, -0.05) is 18.2 Å². The molecular weight excluding hydrogens is 154 g/mol. The average Bonchev–Trinajstić information content (AvgIpc) is 1.98. The molecule has 3 nitrogen and oxygen atoms in total. The molecule has 0 radical (unpaired) electrons. The maximum atomic E-state index is 10.4. The number of aryl methyl sites for hydroxylation is 1. The Balaban J connectivity index is 3.00. The monoisotopic (exact) mass is 165 g/mol. The van der Waals surface area contributed by atoms with Crippen molar-refractivity contribution in [3.05, 3.63) is 29.3 Å². The second kappa shape index (κ2) is 3.26. The summed E-state index contributed by atoms with van der Waals surface area (Å²) in [6, 6.07) is 5.40. The fourth-order valence-corrected chi connectivity index (χ4v) is 1.06. The molecule has 1 aromatic rings. The second-order valence-electron chi connectivity index (χ2n) is 2.72. The Hall–Kier alpha value is -1.51. The molecule has 1 rings (SSSR count). The quantitative estimate of drug-likeness (QED) is 0.647. The number of para-hydroxylation sites is 1. The molecule has 0 aliphatic rings. The van der Waals surface area contributed by atoms with Gasteiger partial charge in [-0.05, 0) is 18.1 Å². The van der Waals surface area contributed by atoms with Crippen LogP contribution in [0, 0.1) is 6.92 Å². The number of rotatable bonds is 2. The molecule has 3 heteroatoms. The molecule has 0 bridgehead atoms. The summed E-state index contributed by atoms with van der Waals surface area (Å²) < 4.78 is 0. The summed E-state index contributed by atoms with van der Waals surface area (Å²) in [5.41, 5.74) is 7.86. The summed E-state index contributed by atoms with van der Waals surface area (Å²) in [7, 11) is 0. The van der Waals surface area contributed by atoms with Gasteiger partial charge in [0.15, 0.2) is 0 Å². The third kappa shape index (κ3) is 1.75. The topological polar surface area (TPSA) is 63.3 Å². The number of carbonyl (C=O) groups is 1. The highest BCUT2D eigenvalue weighted by atomic mass is 16.4. The average molecular weight is 165 g/mol. The lowest BCUT2D eigenvalue weighted by molar-refractivity contribution is -0.136. The van der Waals surface area contributed by atoms with E-state index in [1.165, 1.54) is 0 Å². The van der Waals surface area contributed by atoms with E-state index in [2.05, 4.69) is 0 Å². The summed E-state index contributed by atoms with van der Waals surface area (Å²) in [5.74, 6) is -0.854. The first-order valence-electron chi connectivity index (χ1n) is 3.67. The summed E-state index contributed by atoms with van der Waals surface area (Å²) in [6.07, 6.45) is -0.00644. The van der Waals surface area contributed by atoms with Crippen molar-refractivity contribution in [1.82, 2.24) is 0 Å². The fraction of sp³-hybridized carbons (Fsp3) is 0.222. The van der Waals surface area contributed by atoms with Gasteiger partial charge in [0.05, 0.1) is 6.42 Å². The lowest BCUT2D eigenvalue weighted by Gasteiger charge is -2.04. The molecule has 0 amide bonds. The van der Waals surface area contributed by atoms with E-state index >= 15 is 0 Å². The van der Waals surface area contributed by atoms with Crippen molar-refractivity contribution in [3.63, 3.8) is 0 Å². The van der Waals surface area contributed by atoms with Gasteiger partial charge in [-0.2, -0.15) is 0 Å². The van der Waals surface area contributed by atoms with Crippen LogP contribution in [0.25, 0.3) is 0 Å². The molecule has 0 heterocycles. The fourth-order valence-electron chi connectivity index (χ4n) is 1.06. The van der Waals surface area contributed by atoms with E-state index in [9.17, 15) is 4.79 Å². The van der Waals surface area contributed by atoms with Gasteiger partial charge in [-0.15, -0.1) is 0 Å². The van der Waals surface area contributed by atoms with Gasteiger partial charge in [0, 0.05) is 5.69 Å². The zero-order chi connectivity index (χ0) is 9.14. The first-order chi connectivity index (χ1) is 5.61. The molecule has 0 fully saturated rings. The van der Waals surface area contributed by atoms with Gasteiger partial charge in [0.25, 0.3) is 0 Å². The molecule has 3 N–H and O–H groups in total. The van der Waals surface area contributed by atoms with Crippen LogP contribution >= 0.6 is 0 Å². The highest BCUT2D eigenvalue weighted by Gasteiger charge is 2.04. The van der Waals surface area contributed by atoms with Crippen molar-refractivity contribution in [3.8, 4) is 0 Å². The summed E-state index contributed by atoms with van der Waals surface area (Å²) in [5, 5.41) is 8.53. The molecule has 0 saturated heterocycles. The number of hydrogen-bond acceptors (Lipinski definition) is 2. The zero-order valence-corrected chi connectivity index (χ0v) is 6.87. The molecular formula is C9H11NO2. The molecule has 0 unspecified atom stereocenters. The van der Waals surface area contributed by atoms with Crippen molar-refractivity contribution in [1.29, 1.82) is 0 Å². The molecule has 1 aromatic carbocycles. The SMILES string of the molecule is Cc1cccc(CC(=O)O)c1N. The Kier molecular flexibility index (Phi) is 2.33. The van der Waals surface area contributed by atoms with Gasteiger partial charge in [0.2, 0.25) is 0 Å². The molecule has 0 aliphatic carbocycles. The first-order valence-corrected chi connectivity index (χ1v) is 3.67. The number of carboxylic acid groups (broad SMARTS) is 1. The van der Waals surface area contributed by atoms with Gasteiger partial charge in [-0.3, -0.25) is 4.79 Å². The lowest BCUT2D eigenvalue weighted by Crippen LogP contribution is -2.04. The van der Waals surface area contributed by atoms with E-state index in [0.717, 1.165) is 5.56 Å². The Bertz CT molecular complexity index is 307. The van der Waals surface area contributed by atoms with Gasteiger partial charge >= 0.3 is 5.97 Å². The summed E-state index contributed by atoms with van der Waals surface area (Å²) >= 11 is 0. The predicted octanol–water partition coefficient (Wildman–Crippen LogP) is 1.20. The highest BCUT2D eigenvalue weighted by molar-refractivity contribution is 5.73. The van der Waals surface area contributed by atoms with Crippen molar-refractivity contribution in [2.24, 2.45) is 0 Å². The van der Waals surface area contributed by atoms with E-state index in [1.54, 1.807) is 6.07 Å². The zero-order valence-electron chi connectivity index (χ0n) is 6.87. The first kappa shape index (κ1) is 8.59. The van der Waals surface area contributed by atoms with Crippen LogP contribution in [0.4, 0.5) is 5.69 Å². The molecule has 0 spiro atoms. The van der Waals surface area contributed by atoms with Gasteiger partial charge in [0.1, 0.15) is 0 Å². The number of anilines is 1. The van der Waals surface area contributed by atoms with E-state index in [-0.39, 0.29) is 6.42 Å². The van der Waals surface area contributed by atoms with Crippen LogP contribution in [-0.2, 0) is 11.2 Å². The van der Waals surface area contributed by atoms with Crippen LogP contribution < -0.4 is 5.73 Å². The normalized spacial score (nSPS) is 9.75. The van der Waals surface area contributed by atoms with Gasteiger partial charge < -0.3 is 10.8 Å². The van der Waals surface area contributed by atoms with Crippen LogP contribution in [0.2, 0.25) is 0 Å². The number of aliphatic carboxylic acids is 1. The predicted molar refractivity (Wildman–Crippen MR) is 46.9 cm³/mol. The van der Waals surface area contributed by atoms with Crippen LogP contribution in [0.15, 0.2) is 18.2 Å². The number of carboxylic acids is 1. The van der Waals surface area contributed by atoms with E-state index in [1.807, 2.05) is 19.1 Å². The number of nitrogen functional groups attached to an aromatic ring is 1.